The van der Waals surface area contributed by atoms with E-state index in [1.807, 2.05) is 6.92 Å². The predicted octanol–water partition coefficient (Wildman–Crippen LogP) is 2.99. The standard InChI is InChI=1S/C27H36O7/c1-13-11-18(33-23(31)22(13)30)14(2)15-8-10-26(32)17-12-21-27(34-21)20(29)6-5-19(28)25(27,4)16(17)7-9-24(15,26)3/h5-6,14-18,20-21,29-30,32H,7-12H2,1-4H3. The van der Waals surface area contributed by atoms with Gasteiger partial charge < -0.3 is 24.8 Å². The zero-order valence-corrected chi connectivity index (χ0v) is 20.4. The normalized spacial score (nSPS) is 54.5. The van der Waals surface area contributed by atoms with E-state index < -0.39 is 28.7 Å². The first-order valence-electron chi connectivity index (χ1n) is 12.8. The summed E-state index contributed by atoms with van der Waals surface area (Å²) in [6.45, 7) is 7.99. The van der Waals surface area contributed by atoms with Crippen LogP contribution in [0.4, 0.5) is 0 Å². The summed E-state index contributed by atoms with van der Waals surface area (Å²) < 4.78 is 11.8. The number of esters is 1. The SMILES string of the molecule is CC1=C(O)C(=O)OC(C(C)C2CCC3(O)C4CC5OC56C(O)C=CC(=O)C6(C)C4CCC23C)C1. The minimum atomic E-state index is -0.950. The molecule has 4 aliphatic carbocycles. The number of carbonyl (C=O) groups is 2. The Morgan fingerprint density at radius 2 is 1.88 bits per heavy atom. The van der Waals surface area contributed by atoms with Gasteiger partial charge in [-0.2, -0.15) is 0 Å². The quantitative estimate of drug-likeness (QED) is 0.418. The van der Waals surface area contributed by atoms with Crippen LogP contribution in [0.15, 0.2) is 23.5 Å². The van der Waals surface area contributed by atoms with Crippen LogP contribution >= 0.6 is 0 Å². The lowest BCUT2D eigenvalue weighted by atomic mass is 9.43. The number of aliphatic hydroxyl groups excluding tert-OH is 2. The lowest BCUT2D eigenvalue weighted by Gasteiger charge is -2.61. The summed E-state index contributed by atoms with van der Waals surface area (Å²) in [5.74, 6) is -0.907. The van der Waals surface area contributed by atoms with Crippen LogP contribution in [0.3, 0.4) is 0 Å². The van der Waals surface area contributed by atoms with Gasteiger partial charge in [-0.15, -0.1) is 0 Å². The van der Waals surface area contributed by atoms with Gasteiger partial charge in [-0.05, 0) is 92.8 Å². The van der Waals surface area contributed by atoms with Crippen LogP contribution in [-0.2, 0) is 19.1 Å². The molecule has 0 radical (unpaired) electrons. The van der Waals surface area contributed by atoms with Gasteiger partial charge in [0.15, 0.2) is 5.78 Å². The number of cyclic esters (lactones) is 1. The average Bonchev–Trinajstić information content (AvgIpc) is 3.46. The van der Waals surface area contributed by atoms with Crippen molar-refractivity contribution in [2.75, 3.05) is 0 Å². The number of ketones is 1. The van der Waals surface area contributed by atoms with Gasteiger partial charge in [-0.3, -0.25) is 4.79 Å². The fraction of sp³-hybridized carbons (Fsp3) is 0.778. The Balaban J connectivity index is 1.32. The lowest BCUT2D eigenvalue weighted by Crippen LogP contribution is -2.68. The topological polar surface area (TPSA) is 117 Å². The molecule has 4 fully saturated rings. The molecular weight excluding hydrogens is 436 g/mol. The minimum absolute atomic E-state index is 0.00121. The number of aliphatic hydroxyl groups is 3. The van der Waals surface area contributed by atoms with Gasteiger partial charge >= 0.3 is 5.97 Å². The summed E-state index contributed by atoms with van der Waals surface area (Å²) in [4.78, 5) is 25.5. The maximum Gasteiger partial charge on any atom is 0.373 e. The fourth-order valence-corrected chi connectivity index (χ4v) is 9.39. The molecule has 34 heavy (non-hydrogen) atoms. The Morgan fingerprint density at radius 1 is 1.15 bits per heavy atom. The molecule has 0 aromatic rings. The van der Waals surface area contributed by atoms with Crippen LogP contribution in [0, 0.1) is 34.5 Å². The van der Waals surface area contributed by atoms with Gasteiger partial charge in [0.25, 0.3) is 0 Å². The van der Waals surface area contributed by atoms with Crippen molar-refractivity contribution in [2.24, 2.45) is 34.5 Å². The van der Waals surface area contributed by atoms with E-state index >= 15 is 0 Å². The first-order chi connectivity index (χ1) is 15.9. The van der Waals surface area contributed by atoms with E-state index in [1.165, 1.54) is 6.08 Å². The van der Waals surface area contributed by atoms with Gasteiger partial charge in [0.05, 0.1) is 17.1 Å². The van der Waals surface area contributed by atoms with Crippen LogP contribution < -0.4 is 0 Å². The Kier molecular flexibility index (Phi) is 4.51. The Bertz CT molecular complexity index is 1030. The molecule has 186 valence electrons. The highest BCUT2D eigenvalue weighted by Crippen LogP contribution is 2.74. The molecule has 2 heterocycles. The molecule has 3 saturated carbocycles. The maximum absolute atomic E-state index is 13.3. The van der Waals surface area contributed by atoms with Gasteiger partial charge in [0, 0.05) is 6.42 Å². The van der Waals surface area contributed by atoms with Crippen LogP contribution in [0.1, 0.15) is 66.2 Å². The highest BCUT2D eigenvalue weighted by molar-refractivity contribution is 5.98. The van der Waals surface area contributed by atoms with Crippen LogP contribution in [-0.4, -0.2) is 56.6 Å². The monoisotopic (exact) mass is 472 g/mol. The first-order valence-corrected chi connectivity index (χ1v) is 12.8. The molecule has 6 aliphatic rings. The summed E-state index contributed by atoms with van der Waals surface area (Å²) >= 11 is 0. The van der Waals surface area contributed by atoms with Crippen molar-refractivity contribution in [3.05, 3.63) is 23.5 Å². The van der Waals surface area contributed by atoms with E-state index in [4.69, 9.17) is 9.47 Å². The summed E-state index contributed by atoms with van der Waals surface area (Å²) in [6, 6.07) is 0. The summed E-state index contributed by atoms with van der Waals surface area (Å²) in [5.41, 5.74) is -2.37. The molecule has 1 spiro atoms. The largest absolute Gasteiger partial charge is 0.502 e. The number of fused-ring (bicyclic) bond motifs is 4. The number of rotatable bonds is 2. The van der Waals surface area contributed by atoms with Crippen LogP contribution in [0.5, 0.6) is 0 Å². The van der Waals surface area contributed by atoms with Crippen molar-refractivity contribution in [1.82, 2.24) is 0 Å². The van der Waals surface area contributed by atoms with Crippen molar-refractivity contribution in [1.29, 1.82) is 0 Å². The molecule has 2 aliphatic heterocycles. The molecule has 3 N–H and O–H groups in total. The third-order valence-electron chi connectivity index (χ3n) is 11.5. The van der Waals surface area contributed by atoms with Crippen molar-refractivity contribution in [2.45, 2.75) is 95.7 Å². The number of epoxide rings is 1. The number of allylic oxidation sites excluding steroid dienone is 1. The van der Waals surface area contributed by atoms with Crippen molar-refractivity contribution in [3.8, 4) is 0 Å². The molecule has 1 saturated heterocycles. The number of carbonyl (C=O) groups excluding carboxylic acids is 2. The third kappa shape index (κ3) is 2.39. The fourth-order valence-electron chi connectivity index (χ4n) is 9.39. The average molecular weight is 473 g/mol. The Morgan fingerprint density at radius 3 is 2.59 bits per heavy atom. The molecule has 11 unspecified atom stereocenters. The van der Waals surface area contributed by atoms with E-state index in [1.54, 1.807) is 13.0 Å². The second kappa shape index (κ2) is 6.74. The van der Waals surface area contributed by atoms with E-state index in [9.17, 15) is 24.9 Å². The van der Waals surface area contributed by atoms with Crippen LogP contribution in [0.2, 0.25) is 0 Å². The van der Waals surface area contributed by atoms with E-state index in [0.29, 0.717) is 24.8 Å². The Hall–Kier alpha value is -1.70. The Labute approximate surface area is 200 Å². The minimum Gasteiger partial charge on any atom is -0.502 e. The molecule has 6 rings (SSSR count). The third-order valence-corrected chi connectivity index (χ3v) is 11.5. The molecule has 0 bridgehead atoms. The molecule has 0 aromatic heterocycles. The summed E-state index contributed by atoms with van der Waals surface area (Å²) in [5, 5.41) is 33.1. The molecule has 11 atom stereocenters. The van der Waals surface area contributed by atoms with E-state index in [0.717, 1.165) is 19.3 Å². The van der Waals surface area contributed by atoms with Crippen molar-refractivity contribution < 1.29 is 34.4 Å². The summed E-state index contributed by atoms with van der Waals surface area (Å²) in [7, 11) is 0. The van der Waals surface area contributed by atoms with Gasteiger partial charge in [-0.25, -0.2) is 4.79 Å². The maximum atomic E-state index is 13.3. The number of hydrogen-bond donors (Lipinski definition) is 3. The second-order valence-electron chi connectivity index (χ2n) is 12.4. The number of hydrogen-bond acceptors (Lipinski definition) is 7. The second-order valence-corrected chi connectivity index (χ2v) is 12.4. The first kappa shape index (κ1) is 22.7. The van der Waals surface area contributed by atoms with Gasteiger partial charge in [0.2, 0.25) is 5.76 Å². The molecule has 0 amide bonds. The highest BCUT2D eigenvalue weighted by Gasteiger charge is 2.82. The zero-order valence-electron chi connectivity index (χ0n) is 20.4. The lowest BCUT2D eigenvalue weighted by molar-refractivity contribution is -0.204. The van der Waals surface area contributed by atoms with Gasteiger partial charge in [0.1, 0.15) is 17.8 Å². The number of ether oxygens (including phenoxy) is 2. The highest BCUT2D eigenvalue weighted by atomic mass is 16.6. The van der Waals surface area contributed by atoms with Crippen molar-refractivity contribution >= 4 is 11.8 Å². The molecule has 0 aromatic carbocycles. The van der Waals surface area contributed by atoms with Crippen molar-refractivity contribution in [3.63, 3.8) is 0 Å². The van der Waals surface area contributed by atoms with Gasteiger partial charge in [-0.1, -0.05) is 13.8 Å². The predicted molar refractivity (Wildman–Crippen MR) is 121 cm³/mol. The molecular formula is C27H36O7. The van der Waals surface area contributed by atoms with Crippen LogP contribution in [0.25, 0.3) is 0 Å². The zero-order chi connectivity index (χ0) is 24.4. The molecule has 7 heteroatoms. The smallest absolute Gasteiger partial charge is 0.373 e. The summed E-state index contributed by atoms with van der Waals surface area (Å²) in [6.07, 6.45) is 5.92. The van der Waals surface area contributed by atoms with E-state index in [2.05, 4.69) is 13.8 Å². The van der Waals surface area contributed by atoms with E-state index in [-0.39, 0.29) is 52.8 Å². The molecule has 7 nitrogen and oxygen atoms in total.